The summed E-state index contributed by atoms with van der Waals surface area (Å²) in [6, 6.07) is 4.16. The number of aryl methyl sites for hydroxylation is 2. The minimum Gasteiger partial charge on any atom is -0.331 e. The average Bonchev–Trinajstić information content (AvgIpc) is 3.23. The largest absolute Gasteiger partial charge is 0.331 e. The van der Waals surface area contributed by atoms with Crippen molar-refractivity contribution in [2.75, 3.05) is 0 Å². The molecule has 0 radical (unpaired) electrons. The molecule has 3 heterocycles. The Hall–Kier alpha value is -2.43. The summed E-state index contributed by atoms with van der Waals surface area (Å²) < 4.78 is 4.91. The summed E-state index contributed by atoms with van der Waals surface area (Å²) >= 11 is 0. The molecule has 3 aromatic heterocycles. The first-order valence-corrected chi connectivity index (χ1v) is 11.9. The van der Waals surface area contributed by atoms with Gasteiger partial charge >= 0.3 is 0 Å². The fourth-order valence-corrected chi connectivity index (χ4v) is 4.73. The number of aromatic nitrogens is 5. The number of nitrogens with zero attached hydrogens (tertiary/aromatic N) is 5. The number of hydrogen-bond donors (Lipinski definition) is 0. The lowest BCUT2D eigenvalue weighted by Crippen LogP contribution is -2.15. The van der Waals surface area contributed by atoms with E-state index in [9.17, 15) is 0 Å². The van der Waals surface area contributed by atoms with Gasteiger partial charge in [0.05, 0.1) is 17.9 Å². The van der Waals surface area contributed by atoms with Crippen LogP contribution in [0.15, 0.2) is 24.5 Å². The van der Waals surface area contributed by atoms with Gasteiger partial charge in [0, 0.05) is 48.6 Å². The molecule has 0 aliphatic heterocycles. The van der Waals surface area contributed by atoms with Gasteiger partial charge in [-0.3, -0.25) is 4.98 Å². The fraction of sp³-hybridized carbons (Fsp3) is 0.577. The van der Waals surface area contributed by atoms with Crippen molar-refractivity contribution in [1.29, 1.82) is 0 Å². The lowest BCUT2D eigenvalue weighted by molar-refractivity contribution is 0.534. The van der Waals surface area contributed by atoms with Gasteiger partial charge in [0.25, 0.3) is 0 Å². The van der Waals surface area contributed by atoms with E-state index in [0.29, 0.717) is 11.8 Å². The third-order valence-electron chi connectivity index (χ3n) is 6.18. The Kier molecular flexibility index (Phi) is 7.69. The molecule has 1 atom stereocenters. The Labute approximate surface area is 188 Å². The molecule has 0 N–H and O–H groups in total. The molecular weight excluding hydrogens is 382 g/mol. The number of rotatable bonds is 10. The molecule has 1 unspecified atom stereocenters. The molecule has 31 heavy (non-hydrogen) atoms. The van der Waals surface area contributed by atoms with Gasteiger partial charge in [0.2, 0.25) is 0 Å². The molecule has 168 valence electrons. The lowest BCUT2D eigenvalue weighted by atomic mass is 10.0. The number of imidazole rings is 2. The maximum Gasteiger partial charge on any atom is 0.111 e. The summed E-state index contributed by atoms with van der Waals surface area (Å²) in [5.74, 6) is 3.17. The maximum atomic E-state index is 5.02. The van der Waals surface area contributed by atoms with Crippen molar-refractivity contribution in [1.82, 2.24) is 24.1 Å². The maximum absolute atomic E-state index is 5.02. The average molecular weight is 422 g/mol. The second-order valence-electron chi connectivity index (χ2n) is 9.07. The van der Waals surface area contributed by atoms with E-state index in [2.05, 4.69) is 68.7 Å². The van der Waals surface area contributed by atoms with Gasteiger partial charge < -0.3 is 9.13 Å². The predicted molar refractivity (Wildman–Crippen MR) is 128 cm³/mol. The molecule has 3 rings (SSSR count). The highest BCUT2D eigenvalue weighted by atomic mass is 15.1. The van der Waals surface area contributed by atoms with Gasteiger partial charge in [-0.2, -0.15) is 0 Å². The van der Waals surface area contributed by atoms with E-state index in [1.54, 1.807) is 0 Å². The van der Waals surface area contributed by atoms with E-state index in [1.807, 2.05) is 18.5 Å². The third kappa shape index (κ3) is 5.08. The van der Waals surface area contributed by atoms with Crippen molar-refractivity contribution in [2.24, 2.45) is 0 Å². The van der Waals surface area contributed by atoms with Crippen molar-refractivity contribution in [3.8, 4) is 0 Å². The Morgan fingerprint density at radius 2 is 1.77 bits per heavy atom. The van der Waals surface area contributed by atoms with Gasteiger partial charge in [-0.05, 0) is 38.3 Å². The van der Waals surface area contributed by atoms with Crippen LogP contribution < -0.4 is 0 Å². The summed E-state index contributed by atoms with van der Waals surface area (Å²) in [4.78, 5) is 14.3. The fourth-order valence-electron chi connectivity index (χ4n) is 4.73. The predicted octanol–water partition coefficient (Wildman–Crippen LogP) is 5.97. The molecule has 0 aliphatic rings. The normalized spacial score (nSPS) is 12.6. The summed E-state index contributed by atoms with van der Waals surface area (Å²) in [6.07, 6.45) is 8.07. The molecular formula is C26H39N5. The monoisotopic (exact) mass is 421 g/mol. The molecule has 3 aromatic rings. The first-order valence-electron chi connectivity index (χ1n) is 11.9. The van der Waals surface area contributed by atoms with Gasteiger partial charge in [-0.25, -0.2) is 9.97 Å². The number of pyridine rings is 1. The van der Waals surface area contributed by atoms with Crippen LogP contribution in [0.1, 0.15) is 99.3 Å². The first-order chi connectivity index (χ1) is 14.9. The first kappa shape index (κ1) is 23.2. The zero-order valence-electron chi connectivity index (χ0n) is 20.4. The quantitative estimate of drug-likeness (QED) is 0.405. The van der Waals surface area contributed by atoms with E-state index in [0.717, 1.165) is 31.6 Å². The van der Waals surface area contributed by atoms with Crippen LogP contribution >= 0.6 is 0 Å². The van der Waals surface area contributed by atoms with Crippen LogP contribution in [0.25, 0.3) is 0 Å². The minimum atomic E-state index is 0.357. The molecule has 5 heteroatoms. The second-order valence-corrected chi connectivity index (χ2v) is 9.07. The highest BCUT2D eigenvalue weighted by Gasteiger charge is 2.23. The summed E-state index contributed by atoms with van der Waals surface area (Å²) in [5, 5.41) is 0. The smallest absolute Gasteiger partial charge is 0.111 e. The van der Waals surface area contributed by atoms with Gasteiger partial charge in [0.15, 0.2) is 0 Å². The zero-order chi connectivity index (χ0) is 22.5. The van der Waals surface area contributed by atoms with Crippen LogP contribution in [0.2, 0.25) is 0 Å². The summed E-state index contributed by atoms with van der Waals surface area (Å²) in [6.45, 7) is 17.5. The number of hydrogen-bond acceptors (Lipinski definition) is 3. The molecule has 0 aliphatic carbocycles. The van der Waals surface area contributed by atoms with Crippen LogP contribution in [0.3, 0.4) is 0 Å². The molecule has 0 saturated heterocycles. The Balaban J connectivity index is 1.96. The van der Waals surface area contributed by atoms with Crippen LogP contribution in [0.4, 0.5) is 0 Å². The van der Waals surface area contributed by atoms with Gasteiger partial charge in [-0.1, -0.05) is 47.1 Å². The summed E-state index contributed by atoms with van der Waals surface area (Å²) in [7, 11) is 0. The van der Waals surface area contributed by atoms with Crippen LogP contribution in [0.5, 0.6) is 0 Å². The summed E-state index contributed by atoms with van der Waals surface area (Å²) in [5.41, 5.74) is 6.24. The SMILES string of the molecule is CCCCn1c(C(C)C)nc(C)c1C(C)Cc1nc(C)c(CC)n1Cc1cccnc1. The molecule has 0 amide bonds. The lowest BCUT2D eigenvalue weighted by Gasteiger charge is -2.19. The molecule has 5 nitrogen and oxygen atoms in total. The Morgan fingerprint density at radius 3 is 2.39 bits per heavy atom. The van der Waals surface area contributed by atoms with Crippen LogP contribution in [-0.2, 0) is 25.9 Å². The molecule has 0 aromatic carbocycles. The Bertz CT molecular complexity index is 981. The third-order valence-corrected chi connectivity index (χ3v) is 6.18. The van der Waals surface area contributed by atoms with Crippen LogP contribution in [0, 0.1) is 13.8 Å². The zero-order valence-corrected chi connectivity index (χ0v) is 20.4. The standard InChI is InChI=1S/C26H39N5/c1-8-10-14-30-25(21(7)29-26(30)18(3)4)19(5)15-24-28-20(6)23(9-2)31(24)17-22-12-11-13-27-16-22/h11-13,16,18-19H,8-10,14-15,17H2,1-7H3. The van der Waals surface area contributed by atoms with E-state index >= 15 is 0 Å². The highest BCUT2D eigenvalue weighted by Crippen LogP contribution is 2.29. The van der Waals surface area contributed by atoms with Gasteiger partial charge in [-0.15, -0.1) is 0 Å². The Morgan fingerprint density at radius 1 is 1.00 bits per heavy atom. The topological polar surface area (TPSA) is 48.5 Å². The van der Waals surface area contributed by atoms with E-state index < -0.39 is 0 Å². The van der Waals surface area contributed by atoms with Crippen molar-refractivity contribution < 1.29 is 0 Å². The van der Waals surface area contributed by atoms with E-state index in [-0.39, 0.29) is 0 Å². The van der Waals surface area contributed by atoms with E-state index in [1.165, 1.54) is 47.1 Å². The number of unbranched alkanes of at least 4 members (excludes halogenated alkanes) is 1. The van der Waals surface area contributed by atoms with Crippen molar-refractivity contribution >= 4 is 0 Å². The molecule has 0 fully saturated rings. The van der Waals surface area contributed by atoms with E-state index in [4.69, 9.17) is 9.97 Å². The molecule has 0 spiro atoms. The second kappa shape index (κ2) is 10.3. The molecule has 0 saturated carbocycles. The minimum absolute atomic E-state index is 0.357. The van der Waals surface area contributed by atoms with Crippen molar-refractivity contribution in [3.63, 3.8) is 0 Å². The van der Waals surface area contributed by atoms with Gasteiger partial charge in [0.1, 0.15) is 11.6 Å². The highest BCUT2D eigenvalue weighted by molar-refractivity contribution is 5.25. The van der Waals surface area contributed by atoms with Crippen molar-refractivity contribution in [2.45, 2.75) is 99.1 Å². The van der Waals surface area contributed by atoms with Crippen molar-refractivity contribution in [3.05, 3.63) is 64.5 Å². The van der Waals surface area contributed by atoms with Crippen LogP contribution in [-0.4, -0.2) is 24.1 Å². The molecule has 0 bridgehead atoms.